The van der Waals surface area contributed by atoms with Gasteiger partial charge in [0.05, 0.1) is 18.2 Å². The van der Waals surface area contributed by atoms with Gasteiger partial charge in [-0.3, -0.25) is 4.79 Å². The Balaban J connectivity index is 1.78. The van der Waals surface area contributed by atoms with Crippen LogP contribution in [0.4, 0.5) is 5.69 Å². The maximum Gasteiger partial charge on any atom is 0.337 e. The second-order valence-electron chi connectivity index (χ2n) is 4.85. The molecule has 23 heavy (non-hydrogen) atoms. The fourth-order valence-electron chi connectivity index (χ4n) is 2.26. The zero-order valence-electron chi connectivity index (χ0n) is 12.5. The summed E-state index contributed by atoms with van der Waals surface area (Å²) in [6, 6.07) is 11.6. The first kappa shape index (κ1) is 14.9. The van der Waals surface area contributed by atoms with Gasteiger partial charge < -0.3 is 19.5 Å². The predicted octanol–water partition coefficient (Wildman–Crippen LogP) is 2.50. The lowest BCUT2D eigenvalue weighted by Crippen LogP contribution is -2.20. The summed E-state index contributed by atoms with van der Waals surface area (Å²) in [5, 5.41) is 2.77. The summed E-state index contributed by atoms with van der Waals surface area (Å²) in [5.41, 5.74) is 1.38. The van der Waals surface area contributed by atoms with Crippen LogP contribution in [-0.4, -0.2) is 32.2 Å². The van der Waals surface area contributed by atoms with Crippen molar-refractivity contribution in [2.45, 2.75) is 0 Å². The van der Waals surface area contributed by atoms with Crippen molar-refractivity contribution in [2.75, 3.05) is 25.6 Å². The van der Waals surface area contributed by atoms with Crippen molar-refractivity contribution in [1.29, 1.82) is 0 Å². The van der Waals surface area contributed by atoms with E-state index >= 15 is 0 Å². The van der Waals surface area contributed by atoms with Crippen LogP contribution in [0, 0.1) is 0 Å². The molecule has 1 aliphatic rings. The molecular formula is C17H15NO5. The molecule has 0 fully saturated rings. The SMILES string of the molecule is COC(=O)c1ccc(NC(=O)c2cccc3c2OCCO3)cc1. The highest BCUT2D eigenvalue weighted by atomic mass is 16.6. The average Bonchev–Trinajstić information content (AvgIpc) is 2.61. The van der Waals surface area contributed by atoms with Crippen LogP contribution in [0.5, 0.6) is 11.5 Å². The third-order valence-corrected chi connectivity index (χ3v) is 3.37. The van der Waals surface area contributed by atoms with Gasteiger partial charge in [-0.25, -0.2) is 4.79 Å². The van der Waals surface area contributed by atoms with E-state index in [-0.39, 0.29) is 5.91 Å². The Hall–Kier alpha value is -3.02. The number of ether oxygens (including phenoxy) is 3. The van der Waals surface area contributed by atoms with Gasteiger partial charge in [0.2, 0.25) is 0 Å². The van der Waals surface area contributed by atoms with E-state index in [9.17, 15) is 9.59 Å². The molecule has 0 radical (unpaired) electrons. The van der Waals surface area contributed by atoms with E-state index in [2.05, 4.69) is 10.1 Å². The monoisotopic (exact) mass is 313 g/mol. The standard InChI is InChI=1S/C17H15NO5/c1-21-17(20)11-5-7-12(8-6-11)18-16(19)13-3-2-4-14-15(13)23-10-9-22-14/h2-8H,9-10H2,1H3,(H,18,19). The maximum absolute atomic E-state index is 12.4. The van der Waals surface area contributed by atoms with Gasteiger partial charge in [0.25, 0.3) is 5.91 Å². The summed E-state index contributed by atoms with van der Waals surface area (Å²) in [5.74, 6) is 0.274. The molecule has 1 amide bonds. The molecule has 3 rings (SSSR count). The van der Waals surface area contributed by atoms with Gasteiger partial charge in [-0.15, -0.1) is 0 Å². The average molecular weight is 313 g/mol. The van der Waals surface area contributed by atoms with Gasteiger partial charge in [-0.1, -0.05) is 6.07 Å². The van der Waals surface area contributed by atoms with Crippen molar-refractivity contribution in [3.05, 3.63) is 53.6 Å². The molecule has 6 nitrogen and oxygen atoms in total. The molecular weight excluding hydrogens is 298 g/mol. The summed E-state index contributed by atoms with van der Waals surface area (Å²) in [7, 11) is 1.32. The predicted molar refractivity (Wildman–Crippen MR) is 83.2 cm³/mol. The van der Waals surface area contributed by atoms with Gasteiger partial charge in [-0.2, -0.15) is 0 Å². The van der Waals surface area contributed by atoms with E-state index in [0.29, 0.717) is 41.5 Å². The van der Waals surface area contributed by atoms with Crippen LogP contribution in [-0.2, 0) is 4.74 Å². The first-order valence-corrected chi connectivity index (χ1v) is 7.07. The fraction of sp³-hybridized carbons (Fsp3) is 0.176. The smallest absolute Gasteiger partial charge is 0.337 e. The largest absolute Gasteiger partial charge is 0.486 e. The topological polar surface area (TPSA) is 73.9 Å². The molecule has 118 valence electrons. The van der Waals surface area contributed by atoms with Gasteiger partial charge in [0, 0.05) is 5.69 Å². The highest BCUT2D eigenvalue weighted by Crippen LogP contribution is 2.33. The number of carbonyl (C=O) groups is 2. The summed E-state index contributed by atoms with van der Waals surface area (Å²) < 4.78 is 15.6. The van der Waals surface area contributed by atoms with E-state index in [4.69, 9.17) is 9.47 Å². The van der Waals surface area contributed by atoms with E-state index in [1.165, 1.54) is 7.11 Å². The van der Waals surface area contributed by atoms with Crippen molar-refractivity contribution < 1.29 is 23.8 Å². The van der Waals surface area contributed by atoms with Crippen LogP contribution in [0.2, 0.25) is 0 Å². The molecule has 0 unspecified atom stereocenters. The van der Waals surface area contributed by atoms with E-state index < -0.39 is 5.97 Å². The Bertz CT molecular complexity index is 739. The van der Waals surface area contributed by atoms with Gasteiger partial charge in [-0.05, 0) is 36.4 Å². The van der Waals surface area contributed by atoms with Crippen LogP contribution in [0.1, 0.15) is 20.7 Å². The molecule has 1 heterocycles. The van der Waals surface area contributed by atoms with Gasteiger partial charge in [0.15, 0.2) is 11.5 Å². The van der Waals surface area contributed by atoms with Crippen molar-refractivity contribution in [1.82, 2.24) is 0 Å². The minimum absolute atomic E-state index is 0.307. The van der Waals surface area contributed by atoms with Crippen molar-refractivity contribution >= 4 is 17.6 Å². The molecule has 0 bridgehead atoms. The number of methoxy groups -OCH3 is 1. The second kappa shape index (κ2) is 6.39. The minimum Gasteiger partial charge on any atom is -0.486 e. The van der Waals surface area contributed by atoms with Crippen LogP contribution in [0.15, 0.2) is 42.5 Å². The molecule has 0 aromatic heterocycles. The first-order valence-electron chi connectivity index (χ1n) is 7.07. The van der Waals surface area contributed by atoms with E-state index in [0.717, 1.165) is 0 Å². The molecule has 2 aromatic rings. The minimum atomic E-state index is -0.425. The summed E-state index contributed by atoms with van der Waals surface area (Å²) in [6.45, 7) is 0.873. The number of fused-ring (bicyclic) bond motifs is 1. The lowest BCUT2D eigenvalue weighted by Gasteiger charge is -2.20. The Kier molecular flexibility index (Phi) is 4.14. The number of esters is 1. The summed E-state index contributed by atoms with van der Waals surface area (Å²) in [6.07, 6.45) is 0. The molecule has 6 heteroatoms. The van der Waals surface area contributed by atoms with Crippen LogP contribution < -0.4 is 14.8 Å². The third-order valence-electron chi connectivity index (χ3n) is 3.37. The normalized spacial score (nSPS) is 12.4. The highest BCUT2D eigenvalue weighted by molar-refractivity contribution is 6.07. The Morgan fingerprint density at radius 3 is 2.52 bits per heavy atom. The van der Waals surface area contributed by atoms with Gasteiger partial charge >= 0.3 is 5.97 Å². The molecule has 1 N–H and O–H groups in total. The van der Waals surface area contributed by atoms with Gasteiger partial charge in [0.1, 0.15) is 13.2 Å². The van der Waals surface area contributed by atoms with E-state index in [1.807, 2.05) is 0 Å². The van der Waals surface area contributed by atoms with Crippen molar-refractivity contribution in [2.24, 2.45) is 0 Å². The van der Waals surface area contributed by atoms with E-state index in [1.54, 1.807) is 42.5 Å². The molecule has 2 aromatic carbocycles. The summed E-state index contributed by atoms with van der Waals surface area (Å²) >= 11 is 0. The number of benzene rings is 2. The lowest BCUT2D eigenvalue weighted by atomic mass is 10.1. The number of hydrogen-bond donors (Lipinski definition) is 1. The molecule has 0 aliphatic carbocycles. The fourth-order valence-corrected chi connectivity index (χ4v) is 2.26. The molecule has 0 saturated heterocycles. The summed E-state index contributed by atoms with van der Waals surface area (Å²) in [4.78, 5) is 23.8. The Morgan fingerprint density at radius 1 is 1.04 bits per heavy atom. The number of rotatable bonds is 3. The number of hydrogen-bond acceptors (Lipinski definition) is 5. The highest BCUT2D eigenvalue weighted by Gasteiger charge is 2.20. The third kappa shape index (κ3) is 3.11. The Morgan fingerprint density at radius 2 is 1.78 bits per heavy atom. The molecule has 0 saturated carbocycles. The number of carbonyl (C=O) groups excluding carboxylic acids is 2. The molecule has 1 aliphatic heterocycles. The van der Waals surface area contributed by atoms with Crippen molar-refractivity contribution in [3.8, 4) is 11.5 Å². The number of amides is 1. The molecule has 0 spiro atoms. The number of anilines is 1. The second-order valence-corrected chi connectivity index (χ2v) is 4.85. The lowest BCUT2D eigenvalue weighted by molar-refractivity contribution is 0.0600. The zero-order chi connectivity index (χ0) is 16.2. The van der Waals surface area contributed by atoms with Crippen molar-refractivity contribution in [3.63, 3.8) is 0 Å². The zero-order valence-corrected chi connectivity index (χ0v) is 12.5. The van der Waals surface area contributed by atoms with Crippen LogP contribution in [0.3, 0.4) is 0 Å². The quantitative estimate of drug-likeness (QED) is 0.881. The number of nitrogens with one attached hydrogen (secondary N) is 1. The Labute approximate surface area is 133 Å². The number of para-hydroxylation sites is 1. The maximum atomic E-state index is 12.4. The van der Waals surface area contributed by atoms with Crippen LogP contribution >= 0.6 is 0 Å². The first-order chi connectivity index (χ1) is 11.2. The van der Waals surface area contributed by atoms with Crippen LogP contribution in [0.25, 0.3) is 0 Å². The molecule has 0 atom stereocenters.